The molecule has 11 heavy (non-hydrogen) atoms. The molecule has 0 aliphatic carbocycles. The second-order valence-corrected chi connectivity index (χ2v) is 4.42. The minimum absolute atomic E-state index is 0.0543. The summed E-state index contributed by atoms with van der Waals surface area (Å²) in [5, 5.41) is 3.42. The fourth-order valence-electron chi connectivity index (χ4n) is 1.42. The molecule has 2 heteroatoms. The molecule has 0 aromatic heterocycles. The van der Waals surface area contributed by atoms with Gasteiger partial charge in [-0.1, -0.05) is 13.8 Å². The van der Waals surface area contributed by atoms with Gasteiger partial charge in [0.2, 0.25) is 0 Å². The molecule has 0 heterocycles. The summed E-state index contributed by atoms with van der Waals surface area (Å²) >= 11 is 0. The smallest absolute Gasteiger partial charge is 0.0112 e. The Hall–Kier alpha value is -0.0800. The number of rotatable bonds is 4. The average molecular weight is 158 g/mol. The first kappa shape index (κ1) is 10.9. The highest BCUT2D eigenvalue weighted by atomic mass is 14.9. The fourth-order valence-corrected chi connectivity index (χ4v) is 1.42. The van der Waals surface area contributed by atoms with Gasteiger partial charge in [-0.3, -0.25) is 0 Å². The van der Waals surface area contributed by atoms with Crippen molar-refractivity contribution in [3.63, 3.8) is 0 Å². The molecule has 0 rings (SSSR count). The third-order valence-corrected chi connectivity index (χ3v) is 1.45. The van der Waals surface area contributed by atoms with Gasteiger partial charge in [0.1, 0.15) is 0 Å². The van der Waals surface area contributed by atoms with Crippen LogP contribution in [0.15, 0.2) is 0 Å². The predicted octanol–water partition coefficient (Wildman–Crippen LogP) is 1.50. The molecule has 0 fully saturated rings. The first-order valence-corrected chi connectivity index (χ1v) is 4.36. The zero-order valence-electron chi connectivity index (χ0n) is 8.44. The third kappa shape index (κ3) is 7.82. The average Bonchev–Trinajstić information content (AvgIpc) is 1.53. The number of hydrogen-bond donors (Lipinski definition) is 2. The van der Waals surface area contributed by atoms with E-state index in [1.807, 2.05) is 0 Å². The second-order valence-electron chi connectivity index (χ2n) is 4.42. The van der Waals surface area contributed by atoms with E-state index in [0.717, 1.165) is 6.42 Å². The maximum atomic E-state index is 5.87. The predicted molar refractivity (Wildman–Crippen MR) is 50.6 cm³/mol. The molecule has 0 amide bonds. The van der Waals surface area contributed by atoms with Gasteiger partial charge in [-0.05, 0) is 27.2 Å². The van der Waals surface area contributed by atoms with Gasteiger partial charge in [0.05, 0.1) is 0 Å². The minimum atomic E-state index is -0.0543. The van der Waals surface area contributed by atoms with Crippen LogP contribution in [-0.4, -0.2) is 17.6 Å². The van der Waals surface area contributed by atoms with E-state index in [-0.39, 0.29) is 5.54 Å². The lowest BCUT2D eigenvalue weighted by Gasteiger charge is -2.25. The zero-order chi connectivity index (χ0) is 9.07. The van der Waals surface area contributed by atoms with Gasteiger partial charge in [-0.15, -0.1) is 0 Å². The molecule has 0 saturated heterocycles. The fraction of sp³-hybridized carbons (Fsp3) is 1.00. The summed E-state index contributed by atoms with van der Waals surface area (Å²) in [5.41, 5.74) is 5.82. The van der Waals surface area contributed by atoms with Gasteiger partial charge < -0.3 is 11.1 Å². The van der Waals surface area contributed by atoms with Crippen LogP contribution in [0.2, 0.25) is 0 Å². The highest BCUT2D eigenvalue weighted by Crippen LogP contribution is 2.07. The maximum Gasteiger partial charge on any atom is 0.0112 e. The molecule has 1 unspecified atom stereocenters. The van der Waals surface area contributed by atoms with E-state index < -0.39 is 0 Å². The molecule has 0 aliphatic heterocycles. The Kier molecular flexibility index (Phi) is 4.04. The van der Waals surface area contributed by atoms with E-state index in [9.17, 15) is 0 Å². The lowest BCUT2D eigenvalue weighted by atomic mass is 9.97. The van der Waals surface area contributed by atoms with Gasteiger partial charge in [0.15, 0.2) is 0 Å². The second kappa shape index (κ2) is 4.07. The van der Waals surface area contributed by atoms with E-state index in [4.69, 9.17) is 5.73 Å². The Balaban J connectivity index is 3.61. The van der Waals surface area contributed by atoms with Crippen LogP contribution in [-0.2, 0) is 0 Å². The van der Waals surface area contributed by atoms with Gasteiger partial charge in [0, 0.05) is 17.6 Å². The van der Waals surface area contributed by atoms with Crippen LogP contribution >= 0.6 is 0 Å². The topological polar surface area (TPSA) is 38.0 Å². The lowest BCUT2D eigenvalue weighted by molar-refractivity contribution is 0.372. The lowest BCUT2D eigenvalue weighted by Crippen LogP contribution is -2.42. The summed E-state index contributed by atoms with van der Waals surface area (Å²) < 4.78 is 0. The largest absolute Gasteiger partial charge is 0.326 e. The van der Waals surface area contributed by atoms with Crippen molar-refractivity contribution in [3.8, 4) is 0 Å². The highest BCUT2D eigenvalue weighted by molar-refractivity contribution is 4.78. The summed E-state index contributed by atoms with van der Waals surface area (Å²) in [5.74, 6) is 0. The zero-order valence-corrected chi connectivity index (χ0v) is 8.44. The standard InChI is InChI=1S/C9H22N2/c1-7(2)11-8(3)6-9(4,5)10/h7-8,11H,6,10H2,1-5H3. The summed E-state index contributed by atoms with van der Waals surface area (Å²) in [6.07, 6.45) is 1.02. The van der Waals surface area contributed by atoms with Gasteiger partial charge in [0.25, 0.3) is 0 Å². The summed E-state index contributed by atoms with van der Waals surface area (Å²) in [4.78, 5) is 0. The molecule has 0 aromatic rings. The van der Waals surface area contributed by atoms with Crippen molar-refractivity contribution in [1.82, 2.24) is 5.32 Å². The molecule has 1 atom stereocenters. The number of nitrogens with one attached hydrogen (secondary N) is 1. The molecule has 0 radical (unpaired) electrons. The van der Waals surface area contributed by atoms with E-state index in [2.05, 4.69) is 39.9 Å². The Morgan fingerprint density at radius 3 is 2.00 bits per heavy atom. The normalized spacial score (nSPS) is 15.5. The maximum absolute atomic E-state index is 5.87. The molecule has 68 valence electrons. The van der Waals surface area contributed by atoms with Gasteiger partial charge in [-0.2, -0.15) is 0 Å². The molecule has 0 spiro atoms. The van der Waals surface area contributed by atoms with Crippen LogP contribution in [0.25, 0.3) is 0 Å². The van der Waals surface area contributed by atoms with Crippen molar-refractivity contribution in [3.05, 3.63) is 0 Å². The van der Waals surface area contributed by atoms with Crippen molar-refractivity contribution >= 4 is 0 Å². The summed E-state index contributed by atoms with van der Waals surface area (Å²) in [6, 6.07) is 1.06. The Morgan fingerprint density at radius 2 is 1.73 bits per heavy atom. The highest BCUT2D eigenvalue weighted by Gasteiger charge is 2.15. The molecule has 0 bridgehead atoms. The number of hydrogen-bond acceptors (Lipinski definition) is 2. The first-order valence-electron chi connectivity index (χ1n) is 4.36. The van der Waals surface area contributed by atoms with Crippen LogP contribution in [0.1, 0.15) is 41.0 Å². The minimum Gasteiger partial charge on any atom is -0.326 e. The van der Waals surface area contributed by atoms with E-state index >= 15 is 0 Å². The van der Waals surface area contributed by atoms with Crippen molar-refractivity contribution < 1.29 is 0 Å². The van der Waals surface area contributed by atoms with E-state index in [1.165, 1.54) is 0 Å². The summed E-state index contributed by atoms with van der Waals surface area (Å²) in [6.45, 7) is 10.6. The van der Waals surface area contributed by atoms with Crippen LogP contribution < -0.4 is 11.1 Å². The summed E-state index contributed by atoms with van der Waals surface area (Å²) in [7, 11) is 0. The van der Waals surface area contributed by atoms with E-state index in [1.54, 1.807) is 0 Å². The molecule has 2 nitrogen and oxygen atoms in total. The Morgan fingerprint density at radius 1 is 1.27 bits per heavy atom. The first-order chi connectivity index (χ1) is 4.81. The SMILES string of the molecule is CC(C)NC(C)CC(C)(C)N. The van der Waals surface area contributed by atoms with Crippen molar-refractivity contribution in [2.24, 2.45) is 5.73 Å². The Bertz CT molecular complexity index is 103. The molecule has 0 saturated carbocycles. The monoisotopic (exact) mass is 158 g/mol. The third-order valence-electron chi connectivity index (χ3n) is 1.45. The van der Waals surface area contributed by atoms with Crippen LogP contribution in [0.3, 0.4) is 0 Å². The van der Waals surface area contributed by atoms with Crippen LogP contribution in [0.5, 0.6) is 0 Å². The molecule has 0 aliphatic rings. The number of nitrogens with two attached hydrogens (primary N) is 1. The molecular formula is C9H22N2. The van der Waals surface area contributed by atoms with E-state index in [0.29, 0.717) is 12.1 Å². The molecular weight excluding hydrogens is 136 g/mol. The van der Waals surface area contributed by atoms with Gasteiger partial charge in [-0.25, -0.2) is 0 Å². The quantitative estimate of drug-likeness (QED) is 0.650. The van der Waals surface area contributed by atoms with Crippen molar-refractivity contribution in [1.29, 1.82) is 0 Å². The Labute approximate surface area is 70.5 Å². The van der Waals surface area contributed by atoms with Gasteiger partial charge >= 0.3 is 0 Å². The van der Waals surface area contributed by atoms with Crippen molar-refractivity contribution in [2.75, 3.05) is 0 Å². The van der Waals surface area contributed by atoms with Crippen LogP contribution in [0, 0.1) is 0 Å². The van der Waals surface area contributed by atoms with Crippen molar-refractivity contribution in [2.45, 2.75) is 58.7 Å². The molecule has 3 N–H and O–H groups in total. The molecule has 0 aromatic carbocycles. The van der Waals surface area contributed by atoms with Crippen LogP contribution in [0.4, 0.5) is 0 Å².